The van der Waals surface area contributed by atoms with Gasteiger partial charge in [-0.05, 0) is 36.4 Å². The largest absolute Gasteiger partial charge is 0.497 e. The van der Waals surface area contributed by atoms with Crippen molar-refractivity contribution >= 4 is 5.97 Å². The second-order valence-corrected chi connectivity index (χ2v) is 7.10. The molecule has 4 rings (SSSR count). The first kappa shape index (κ1) is 21.7. The maximum atomic E-state index is 13.9. The number of nitrogens with two attached hydrogens (primary N) is 1. The SMILES string of the molecule is COc1ccc(OC)c(C2C(C#N)=C(N)Oc3cc(OC(=O)c4ccccc4F)ccc32)c1. The van der Waals surface area contributed by atoms with Crippen LogP contribution in [0.15, 0.2) is 72.1 Å². The van der Waals surface area contributed by atoms with Crippen LogP contribution in [-0.4, -0.2) is 20.2 Å². The molecule has 0 bridgehead atoms. The smallest absolute Gasteiger partial charge is 0.346 e. The van der Waals surface area contributed by atoms with Crippen LogP contribution < -0.4 is 24.7 Å². The molecular formula is C25H19FN2O5. The number of ether oxygens (including phenoxy) is 4. The van der Waals surface area contributed by atoms with Gasteiger partial charge in [-0.3, -0.25) is 0 Å². The van der Waals surface area contributed by atoms with Crippen molar-refractivity contribution in [3.05, 3.63) is 94.6 Å². The van der Waals surface area contributed by atoms with E-state index in [4.69, 9.17) is 24.7 Å². The first-order chi connectivity index (χ1) is 16.0. The molecule has 0 fully saturated rings. The summed E-state index contributed by atoms with van der Waals surface area (Å²) in [7, 11) is 3.06. The molecule has 3 aromatic carbocycles. The number of fused-ring (bicyclic) bond motifs is 1. The third kappa shape index (κ3) is 4.04. The van der Waals surface area contributed by atoms with E-state index in [0.29, 0.717) is 28.4 Å². The minimum atomic E-state index is -0.851. The Labute approximate surface area is 189 Å². The molecule has 2 N–H and O–H groups in total. The molecule has 8 heteroatoms. The van der Waals surface area contributed by atoms with Gasteiger partial charge in [-0.15, -0.1) is 0 Å². The molecule has 7 nitrogen and oxygen atoms in total. The van der Waals surface area contributed by atoms with Crippen LogP contribution in [0.5, 0.6) is 23.0 Å². The van der Waals surface area contributed by atoms with E-state index in [1.54, 1.807) is 24.3 Å². The number of nitrogens with zero attached hydrogens (tertiary/aromatic N) is 1. The third-order valence-corrected chi connectivity index (χ3v) is 5.24. The number of rotatable bonds is 5. The molecule has 166 valence electrons. The number of benzene rings is 3. The number of hydrogen-bond acceptors (Lipinski definition) is 7. The van der Waals surface area contributed by atoms with Gasteiger partial charge in [-0.25, -0.2) is 9.18 Å². The third-order valence-electron chi connectivity index (χ3n) is 5.24. The Hall–Kier alpha value is -4.51. The Morgan fingerprint density at radius 3 is 2.48 bits per heavy atom. The average molecular weight is 446 g/mol. The van der Waals surface area contributed by atoms with E-state index in [-0.39, 0.29) is 22.8 Å². The predicted molar refractivity (Wildman–Crippen MR) is 117 cm³/mol. The van der Waals surface area contributed by atoms with Crippen LogP contribution in [0.2, 0.25) is 0 Å². The fourth-order valence-corrected chi connectivity index (χ4v) is 3.67. The van der Waals surface area contributed by atoms with E-state index in [9.17, 15) is 14.4 Å². The first-order valence-electron chi connectivity index (χ1n) is 9.87. The standard InChI is InChI=1S/C25H19FN2O5/c1-30-14-8-10-21(31-2)18(11-14)23-17-9-7-15(12-22(17)33-24(28)19(23)13-27)32-25(29)16-5-3-4-6-20(16)26/h3-12,23H,28H2,1-2H3. The summed E-state index contributed by atoms with van der Waals surface area (Å²) in [5.74, 6) is -0.706. The van der Waals surface area contributed by atoms with Crippen molar-refractivity contribution in [2.24, 2.45) is 5.73 Å². The topological polar surface area (TPSA) is 104 Å². The highest BCUT2D eigenvalue weighted by Gasteiger charge is 2.33. The number of methoxy groups -OCH3 is 2. The molecule has 1 unspecified atom stereocenters. The maximum absolute atomic E-state index is 13.9. The van der Waals surface area contributed by atoms with Crippen LogP contribution in [0, 0.1) is 17.1 Å². The van der Waals surface area contributed by atoms with Gasteiger partial charge in [0.1, 0.15) is 40.5 Å². The van der Waals surface area contributed by atoms with Crippen LogP contribution in [0.4, 0.5) is 4.39 Å². The van der Waals surface area contributed by atoms with Crippen LogP contribution in [0.25, 0.3) is 0 Å². The Morgan fingerprint density at radius 2 is 1.79 bits per heavy atom. The van der Waals surface area contributed by atoms with Crippen LogP contribution >= 0.6 is 0 Å². The van der Waals surface area contributed by atoms with Crippen molar-refractivity contribution < 1.29 is 28.1 Å². The van der Waals surface area contributed by atoms with Gasteiger partial charge in [-0.1, -0.05) is 18.2 Å². The fourth-order valence-electron chi connectivity index (χ4n) is 3.67. The lowest BCUT2D eigenvalue weighted by atomic mass is 9.83. The minimum Gasteiger partial charge on any atom is -0.497 e. The van der Waals surface area contributed by atoms with Crippen molar-refractivity contribution in [3.8, 4) is 29.1 Å². The lowest BCUT2D eigenvalue weighted by Gasteiger charge is -2.28. The van der Waals surface area contributed by atoms with Gasteiger partial charge in [0.15, 0.2) is 0 Å². The summed E-state index contributed by atoms with van der Waals surface area (Å²) in [6.45, 7) is 0. The van der Waals surface area contributed by atoms with Crippen molar-refractivity contribution in [2.75, 3.05) is 14.2 Å². The molecule has 0 saturated carbocycles. The molecule has 0 aromatic heterocycles. The highest BCUT2D eigenvalue weighted by molar-refractivity contribution is 5.91. The zero-order valence-corrected chi connectivity index (χ0v) is 17.8. The van der Waals surface area contributed by atoms with Crippen molar-refractivity contribution in [2.45, 2.75) is 5.92 Å². The van der Waals surface area contributed by atoms with Gasteiger partial charge in [0, 0.05) is 17.2 Å². The number of esters is 1. The normalized spacial score (nSPS) is 14.5. The first-order valence-corrected chi connectivity index (χ1v) is 9.87. The number of halogens is 1. The van der Waals surface area contributed by atoms with E-state index in [1.807, 2.05) is 0 Å². The summed E-state index contributed by atoms with van der Waals surface area (Å²) >= 11 is 0. The summed E-state index contributed by atoms with van der Waals surface area (Å²) in [5, 5.41) is 9.79. The maximum Gasteiger partial charge on any atom is 0.346 e. The second kappa shape index (κ2) is 8.93. The lowest BCUT2D eigenvalue weighted by Crippen LogP contribution is -2.21. The Morgan fingerprint density at radius 1 is 1.03 bits per heavy atom. The van der Waals surface area contributed by atoms with Crippen LogP contribution in [0.3, 0.4) is 0 Å². The highest BCUT2D eigenvalue weighted by atomic mass is 19.1. The van der Waals surface area contributed by atoms with E-state index in [0.717, 1.165) is 0 Å². The molecule has 1 aliphatic heterocycles. The Bertz CT molecular complexity index is 1310. The van der Waals surface area contributed by atoms with Crippen molar-refractivity contribution in [3.63, 3.8) is 0 Å². The summed E-state index contributed by atoms with van der Waals surface area (Å²) in [6, 6.07) is 17.5. The van der Waals surface area contributed by atoms with E-state index in [2.05, 4.69) is 6.07 Å². The zero-order chi connectivity index (χ0) is 23.5. The average Bonchev–Trinajstić information content (AvgIpc) is 2.82. The molecule has 1 aliphatic rings. The number of carbonyl (C=O) groups excluding carboxylic acids is 1. The van der Waals surface area contributed by atoms with E-state index >= 15 is 0 Å². The highest BCUT2D eigenvalue weighted by Crippen LogP contribution is 2.46. The Balaban J connectivity index is 1.76. The molecule has 0 aliphatic carbocycles. The molecule has 3 aromatic rings. The molecule has 0 amide bonds. The molecule has 1 atom stereocenters. The number of hydrogen-bond donors (Lipinski definition) is 1. The van der Waals surface area contributed by atoms with Gasteiger partial charge in [0.25, 0.3) is 0 Å². The van der Waals surface area contributed by atoms with Crippen LogP contribution in [-0.2, 0) is 0 Å². The summed E-state index contributed by atoms with van der Waals surface area (Å²) < 4.78 is 35.8. The quantitative estimate of drug-likeness (QED) is 0.461. The monoisotopic (exact) mass is 446 g/mol. The Kier molecular flexibility index (Phi) is 5.87. The van der Waals surface area contributed by atoms with E-state index < -0.39 is 17.7 Å². The van der Waals surface area contributed by atoms with Crippen LogP contribution in [0.1, 0.15) is 27.4 Å². The van der Waals surface area contributed by atoms with Crippen molar-refractivity contribution in [1.82, 2.24) is 0 Å². The van der Waals surface area contributed by atoms with E-state index in [1.165, 1.54) is 50.6 Å². The molecule has 0 saturated heterocycles. The van der Waals surface area contributed by atoms with Gasteiger partial charge >= 0.3 is 5.97 Å². The van der Waals surface area contributed by atoms with Gasteiger partial charge in [0.05, 0.1) is 25.7 Å². The lowest BCUT2D eigenvalue weighted by molar-refractivity contribution is 0.0729. The summed E-state index contributed by atoms with van der Waals surface area (Å²) in [4.78, 5) is 12.4. The van der Waals surface area contributed by atoms with Crippen molar-refractivity contribution in [1.29, 1.82) is 5.26 Å². The number of allylic oxidation sites excluding steroid dienone is 1. The molecule has 33 heavy (non-hydrogen) atoms. The fraction of sp³-hybridized carbons (Fsp3) is 0.120. The molecular weight excluding hydrogens is 427 g/mol. The summed E-state index contributed by atoms with van der Waals surface area (Å²) in [5.41, 5.74) is 7.33. The second-order valence-electron chi connectivity index (χ2n) is 7.10. The number of nitriles is 1. The molecule has 1 heterocycles. The summed E-state index contributed by atoms with van der Waals surface area (Å²) in [6.07, 6.45) is 0. The van der Waals surface area contributed by atoms with Gasteiger partial charge in [-0.2, -0.15) is 5.26 Å². The number of carbonyl (C=O) groups is 1. The predicted octanol–water partition coefficient (Wildman–Crippen LogP) is 4.28. The minimum absolute atomic E-state index is 0.0857. The van der Waals surface area contributed by atoms with Gasteiger partial charge in [0.2, 0.25) is 5.88 Å². The van der Waals surface area contributed by atoms with Gasteiger partial charge < -0.3 is 24.7 Å². The zero-order valence-electron chi connectivity index (χ0n) is 17.8. The molecule has 0 radical (unpaired) electrons. The molecule has 0 spiro atoms.